The number of pyridine rings is 1. The van der Waals surface area contributed by atoms with Gasteiger partial charge in [-0.05, 0) is 44.2 Å². The van der Waals surface area contributed by atoms with Crippen LogP contribution in [0.5, 0.6) is 0 Å². The Bertz CT molecular complexity index is 953. The van der Waals surface area contributed by atoms with E-state index in [2.05, 4.69) is 20.3 Å². The molecule has 7 heteroatoms. The molecule has 0 unspecified atom stereocenters. The van der Waals surface area contributed by atoms with E-state index in [1.807, 2.05) is 67.0 Å². The molecule has 0 saturated heterocycles. The highest BCUT2D eigenvalue weighted by molar-refractivity contribution is 7.98. The highest BCUT2D eigenvalue weighted by atomic mass is 32.2. The molecule has 6 nitrogen and oxygen atoms in total. The molecule has 4 heterocycles. The van der Waals surface area contributed by atoms with Crippen molar-refractivity contribution >= 4 is 17.4 Å². The number of aryl methyl sites for hydroxylation is 2. The van der Waals surface area contributed by atoms with Crippen molar-refractivity contribution in [3.05, 3.63) is 65.9 Å². The Morgan fingerprint density at radius 3 is 2.71 bits per heavy atom. The van der Waals surface area contributed by atoms with Crippen LogP contribution in [0.4, 0.5) is 0 Å². The third-order valence-electron chi connectivity index (χ3n) is 3.63. The number of aromatic nitrogens is 6. The summed E-state index contributed by atoms with van der Waals surface area (Å²) in [4.78, 5) is 4.59. The molecule has 120 valence electrons. The van der Waals surface area contributed by atoms with Crippen LogP contribution in [0.15, 0.2) is 53.8 Å². The molecule has 0 N–H and O–H groups in total. The maximum Gasteiger partial charge on any atom is 0.175 e. The molecule has 4 aromatic heterocycles. The molecule has 0 bridgehead atoms. The third kappa shape index (κ3) is 2.90. The van der Waals surface area contributed by atoms with Gasteiger partial charge < -0.3 is 4.40 Å². The number of rotatable bonds is 4. The van der Waals surface area contributed by atoms with Crippen LogP contribution in [0, 0.1) is 13.8 Å². The first kappa shape index (κ1) is 14.9. The van der Waals surface area contributed by atoms with Gasteiger partial charge in [0.15, 0.2) is 5.82 Å². The van der Waals surface area contributed by atoms with E-state index in [4.69, 9.17) is 0 Å². The number of thioether (sulfide) groups is 1. The Kier molecular flexibility index (Phi) is 3.78. The van der Waals surface area contributed by atoms with Gasteiger partial charge in [0.1, 0.15) is 10.7 Å². The zero-order valence-electron chi connectivity index (χ0n) is 13.4. The van der Waals surface area contributed by atoms with Gasteiger partial charge in [0.05, 0.1) is 11.4 Å². The zero-order chi connectivity index (χ0) is 16.5. The van der Waals surface area contributed by atoms with Crippen molar-refractivity contribution in [2.45, 2.75) is 24.6 Å². The summed E-state index contributed by atoms with van der Waals surface area (Å²) in [5.41, 5.74) is 4.00. The minimum atomic E-state index is 0.734. The van der Waals surface area contributed by atoms with Crippen molar-refractivity contribution < 1.29 is 0 Å². The first-order valence-electron chi connectivity index (χ1n) is 7.62. The number of imidazole rings is 1. The smallest absolute Gasteiger partial charge is 0.175 e. The van der Waals surface area contributed by atoms with Crippen LogP contribution >= 0.6 is 11.8 Å². The van der Waals surface area contributed by atoms with Crippen molar-refractivity contribution in [2.75, 3.05) is 0 Å². The summed E-state index contributed by atoms with van der Waals surface area (Å²) in [6.07, 6.45) is 4.04. The van der Waals surface area contributed by atoms with Crippen molar-refractivity contribution in [3.63, 3.8) is 0 Å². The lowest BCUT2D eigenvalue weighted by Crippen LogP contribution is -2.03. The lowest BCUT2D eigenvalue weighted by molar-refractivity contribution is 0.765. The van der Waals surface area contributed by atoms with Gasteiger partial charge in [0.2, 0.25) is 0 Å². The highest BCUT2D eigenvalue weighted by Gasteiger charge is 2.07. The van der Waals surface area contributed by atoms with E-state index in [1.54, 1.807) is 16.4 Å². The summed E-state index contributed by atoms with van der Waals surface area (Å²) >= 11 is 1.62. The Hall–Kier alpha value is -2.67. The molecule has 0 saturated carbocycles. The van der Waals surface area contributed by atoms with Crippen LogP contribution in [0.1, 0.15) is 17.1 Å². The molecule has 4 aromatic rings. The molecule has 0 aromatic carbocycles. The second-order valence-electron chi connectivity index (χ2n) is 5.56. The highest BCUT2D eigenvalue weighted by Crippen LogP contribution is 2.21. The third-order valence-corrected chi connectivity index (χ3v) is 4.59. The fourth-order valence-corrected chi connectivity index (χ4v) is 3.27. The largest absolute Gasteiger partial charge is 0.307 e. The van der Waals surface area contributed by atoms with Crippen molar-refractivity contribution in [1.29, 1.82) is 0 Å². The number of fused-ring (bicyclic) bond motifs is 1. The van der Waals surface area contributed by atoms with Crippen LogP contribution in [0.3, 0.4) is 0 Å². The predicted octanol–water partition coefficient (Wildman–Crippen LogP) is 3.22. The van der Waals surface area contributed by atoms with Crippen LogP contribution in [0.25, 0.3) is 11.5 Å². The molecular weight excluding hydrogens is 320 g/mol. The van der Waals surface area contributed by atoms with Crippen LogP contribution in [-0.2, 0) is 5.75 Å². The van der Waals surface area contributed by atoms with Gasteiger partial charge in [-0.1, -0.05) is 17.8 Å². The summed E-state index contributed by atoms with van der Waals surface area (Å²) in [7, 11) is 0. The summed E-state index contributed by atoms with van der Waals surface area (Å²) in [5.74, 6) is 1.49. The monoisotopic (exact) mass is 336 g/mol. The Morgan fingerprint density at radius 2 is 2.00 bits per heavy atom. The fraction of sp³-hybridized carbons (Fsp3) is 0.176. The SMILES string of the molecule is Cc1cc(C)n(-c2ccc(SCc3cn4ccccc4n3)nn2)n1. The molecule has 0 spiro atoms. The zero-order valence-corrected chi connectivity index (χ0v) is 14.2. The first-order valence-corrected chi connectivity index (χ1v) is 8.60. The van der Waals surface area contributed by atoms with Gasteiger partial charge in [0.25, 0.3) is 0 Å². The average molecular weight is 336 g/mol. The van der Waals surface area contributed by atoms with E-state index in [0.717, 1.165) is 39.3 Å². The molecule has 0 fully saturated rings. The minimum absolute atomic E-state index is 0.734. The summed E-state index contributed by atoms with van der Waals surface area (Å²) in [5, 5.41) is 13.9. The fourth-order valence-electron chi connectivity index (χ4n) is 2.57. The maximum atomic E-state index is 4.59. The minimum Gasteiger partial charge on any atom is -0.307 e. The van der Waals surface area contributed by atoms with Crippen LogP contribution in [-0.4, -0.2) is 29.4 Å². The molecule has 0 atom stereocenters. The van der Waals surface area contributed by atoms with Crippen LogP contribution < -0.4 is 0 Å². The topological polar surface area (TPSA) is 60.9 Å². The summed E-state index contributed by atoms with van der Waals surface area (Å²) in [6.45, 7) is 3.98. The number of nitrogens with zero attached hydrogens (tertiary/aromatic N) is 6. The second-order valence-corrected chi connectivity index (χ2v) is 6.55. The average Bonchev–Trinajstić information content (AvgIpc) is 3.15. The quantitative estimate of drug-likeness (QED) is 0.536. The molecule has 0 aliphatic carbocycles. The van der Waals surface area contributed by atoms with E-state index < -0.39 is 0 Å². The lowest BCUT2D eigenvalue weighted by atomic mass is 10.4. The van der Waals surface area contributed by atoms with Gasteiger partial charge in [-0.15, -0.1) is 10.2 Å². The molecular formula is C17H16N6S. The molecule has 0 aliphatic rings. The molecule has 0 amide bonds. The lowest BCUT2D eigenvalue weighted by Gasteiger charge is -2.03. The van der Waals surface area contributed by atoms with Gasteiger partial charge in [-0.3, -0.25) is 0 Å². The number of hydrogen-bond donors (Lipinski definition) is 0. The number of hydrogen-bond acceptors (Lipinski definition) is 5. The standard InChI is InChI=1S/C17H16N6S/c1-12-9-13(2)23(21-12)16-6-7-17(20-19-16)24-11-14-10-22-8-4-3-5-15(22)18-14/h3-10H,11H2,1-2H3. The normalized spacial score (nSPS) is 11.2. The predicted molar refractivity (Wildman–Crippen MR) is 93.4 cm³/mol. The first-order chi connectivity index (χ1) is 11.7. The van der Waals surface area contributed by atoms with Crippen molar-refractivity contribution in [2.24, 2.45) is 0 Å². The summed E-state index contributed by atoms with van der Waals surface area (Å²) in [6, 6.07) is 11.9. The van der Waals surface area contributed by atoms with E-state index >= 15 is 0 Å². The van der Waals surface area contributed by atoms with Crippen LogP contribution in [0.2, 0.25) is 0 Å². The van der Waals surface area contributed by atoms with Crippen molar-refractivity contribution in [1.82, 2.24) is 29.4 Å². The second kappa shape index (κ2) is 6.09. The molecule has 0 radical (unpaired) electrons. The van der Waals surface area contributed by atoms with E-state index in [-0.39, 0.29) is 0 Å². The van der Waals surface area contributed by atoms with Gasteiger partial charge in [-0.25, -0.2) is 9.67 Å². The van der Waals surface area contributed by atoms with Gasteiger partial charge in [-0.2, -0.15) is 5.10 Å². The van der Waals surface area contributed by atoms with E-state index in [9.17, 15) is 0 Å². The van der Waals surface area contributed by atoms with E-state index in [0.29, 0.717) is 0 Å². The Morgan fingerprint density at radius 1 is 1.08 bits per heavy atom. The van der Waals surface area contributed by atoms with Crippen molar-refractivity contribution in [3.8, 4) is 5.82 Å². The summed E-state index contributed by atoms with van der Waals surface area (Å²) < 4.78 is 3.83. The van der Waals surface area contributed by atoms with Gasteiger partial charge >= 0.3 is 0 Å². The van der Waals surface area contributed by atoms with Gasteiger partial charge in [0, 0.05) is 23.8 Å². The molecule has 4 rings (SSSR count). The maximum absolute atomic E-state index is 4.59. The Balaban J connectivity index is 1.48. The van der Waals surface area contributed by atoms with E-state index in [1.165, 1.54) is 0 Å². The molecule has 0 aliphatic heterocycles. The molecule has 24 heavy (non-hydrogen) atoms. The Labute approximate surface area is 143 Å².